The molecule has 19 heavy (non-hydrogen) atoms. The molecule has 6 nitrogen and oxygen atoms in total. The Labute approximate surface area is 112 Å². The van der Waals surface area contributed by atoms with Crippen LogP contribution in [0.3, 0.4) is 0 Å². The number of aryl methyl sites for hydroxylation is 1. The van der Waals surface area contributed by atoms with E-state index in [-0.39, 0.29) is 17.7 Å². The maximum absolute atomic E-state index is 11.1. The van der Waals surface area contributed by atoms with Crippen LogP contribution in [0, 0.1) is 0 Å². The number of carboxylic acids is 1. The van der Waals surface area contributed by atoms with Crippen molar-refractivity contribution < 1.29 is 15.0 Å². The fraction of sp³-hybridized carbons (Fsp3) is 0.692. The van der Waals surface area contributed by atoms with Crippen LogP contribution < -0.4 is 5.32 Å². The Hall–Kier alpha value is -1.40. The molecule has 1 aromatic heterocycles. The molecule has 2 unspecified atom stereocenters. The number of nitrogens with one attached hydrogen (secondary N) is 1. The van der Waals surface area contributed by atoms with Crippen molar-refractivity contribution in [1.82, 2.24) is 15.1 Å². The molecule has 0 saturated heterocycles. The van der Waals surface area contributed by atoms with Gasteiger partial charge in [0.2, 0.25) is 0 Å². The van der Waals surface area contributed by atoms with Crippen LogP contribution in [-0.2, 0) is 13.6 Å². The lowest BCUT2D eigenvalue weighted by atomic mass is 10.1. The Morgan fingerprint density at radius 2 is 2.21 bits per heavy atom. The molecule has 0 aromatic carbocycles. The van der Waals surface area contributed by atoms with Crippen molar-refractivity contribution in [3.05, 3.63) is 17.5 Å². The second-order valence-electron chi connectivity index (χ2n) is 5.13. The summed E-state index contributed by atoms with van der Waals surface area (Å²) < 4.78 is 1.57. The first kappa shape index (κ1) is 14.0. The molecule has 1 fully saturated rings. The molecule has 0 amide bonds. The number of nitrogens with zero attached hydrogens (tertiary/aromatic N) is 2. The molecule has 3 N–H and O–H groups in total. The summed E-state index contributed by atoms with van der Waals surface area (Å²) in [5, 5.41) is 26.4. The Morgan fingerprint density at radius 1 is 1.47 bits per heavy atom. The minimum atomic E-state index is -0.966. The summed E-state index contributed by atoms with van der Waals surface area (Å²) in [6.45, 7) is 0.417. The standard InChI is InChI=1S/C13H21N3O3/c1-16-11(9(7-15-16)13(18)19)8-14-10-5-3-2-4-6-12(10)17/h7,10,12,14,17H,2-6,8H2,1H3,(H,18,19). The third kappa shape index (κ3) is 3.33. The van der Waals surface area contributed by atoms with Gasteiger partial charge in [0.25, 0.3) is 0 Å². The van der Waals surface area contributed by atoms with Crippen LogP contribution in [0.15, 0.2) is 6.20 Å². The fourth-order valence-corrected chi connectivity index (χ4v) is 2.61. The molecule has 1 saturated carbocycles. The van der Waals surface area contributed by atoms with E-state index in [1.165, 1.54) is 6.20 Å². The van der Waals surface area contributed by atoms with Crippen LogP contribution in [0.4, 0.5) is 0 Å². The Morgan fingerprint density at radius 3 is 2.95 bits per heavy atom. The molecular weight excluding hydrogens is 246 g/mol. The van der Waals surface area contributed by atoms with Gasteiger partial charge in [0.15, 0.2) is 0 Å². The molecule has 106 valence electrons. The predicted octanol–water partition coefficient (Wildman–Crippen LogP) is 0.901. The molecule has 0 aliphatic heterocycles. The third-order valence-electron chi connectivity index (χ3n) is 3.80. The second kappa shape index (κ2) is 6.16. The SMILES string of the molecule is Cn1ncc(C(=O)O)c1CNC1CCCCCC1O. The van der Waals surface area contributed by atoms with Gasteiger partial charge < -0.3 is 15.5 Å². The minimum absolute atomic E-state index is 0.0408. The van der Waals surface area contributed by atoms with Crippen molar-refractivity contribution in [2.45, 2.75) is 50.8 Å². The van der Waals surface area contributed by atoms with Crippen molar-refractivity contribution >= 4 is 5.97 Å². The van der Waals surface area contributed by atoms with Gasteiger partial charge in [-0.3, -0.25) is 4.68 Å². The molecule has 2 rings (SSSR count). The van der Waals surface area contributed by atoms with E-state index in [0.29, 0.717) is 12.2 Å². The van der Waals surface area contributed by atoms with E-state index in [9.17, 15) is 9.90 Å². The molecule has 0 spiro atoms. The van der Waals surface area contributed by atoms with Crippen LogP contribution in [0.1, 0.15) is 48.2 Å². The average Bonchev–Trinajstić information content (AvgIpc) is 2.61. The van der Waals surface area contributed by atoms with Crippen LogP contribution in [0.25, 0.3) is 0 Å². The van der Waals surface area contributed by atoms with Crippen molar-refractivity contribution in [3.63, 3.8) is 0 Å². The highest BCUT2D eigenvalue weighted by molar-refractivity contribution is 5.88. The number of rotatable bonds is 4. The maximum Gasteiger partial charge on any atom is 0.339 e. The number of aliphatic hydroxyl groups excluding tert-OH is 1. The summed E-state index contributed by atoms with van der Waals surface area (Å²) in [4.78, 5) is 11.1. The zero-order valence-electron chi connectivity index (χ0n) is 11.2. The third-order valence-corrected chi connectivity index (χ3v) is 3.80. The first-order chi connectivity index (χ1) is 9.09. The lowest BCUT2D eigenvalue weighted by molar-refractivity contribution is 0.0695. The number of aromatic carboxylic acids is 1. The molecule has 1 aromatic rings. The Kier molecular flexibility index (Phi) is 4.55. The molecule has 1 aliphatic rings. The van der Waals surface area contributed by atoms with Crippen molar-refractivity contribution in [1.29, 1.82) is 0 Å². The second-order valence-corrected chi connectivity index (χ2v) is 5.13. The van der Waals surface area contributed by atoms with Gasteiger partial charge in [-0.15, -0.1) is 0 Å². The van der Waals surface area contributed by atoms with Crippen molar-refractivity contribution in [2.75, 3.05) is 0 Å². The summed E-state index contributed by atoms with van der Waals surface area (Å²) in [6, 6.07) is 0.0408. The quantitative estimate of drug-likeness (QED) is 0.706. The summed E-state index contributed by atoms with van der Waals surface area (Å²) in [7, 11) is 1.73. The van der Waals surface area contributed by atoms with Crippen LogP contribution >= 0.6 is 0 Å². The highest BCUT2D eigenvalue weighted by Gasteiger charge is 2.22. The maximum atomic E-state index is 11.1. The largest absolute Gasteiger partial charge is 0.478 e. The topological polar surface area (TPSA) is 87.4 Å². The van der Waals surface area contributed by atoms with E-state index >= 15 is 0 Å². The van der Waals surface area contributed by atoms with Gasteiger partial charge in [-0.25, -0.2) is 4.79 Å². The Bertz CT molecular complexity index is 444. The van der Waals surface area contributed by atoms with E-state index in [1.54, 1.807) is 11.7 Å². The van der Waals surface area contributed by atoms with Crippen LogP contribution in [0.5, 0.6) is 0 Å². The van der Waals surface area contributed by atoms with E-state index in [0.717, 1.165) is 32.1 Å². The smallest absolute Gasteiger partial charge is 0.339 e. The number of aliphatic hydroxyl groups is 1. The predicted molar refractivity (Wildman–Crippen MR) is 69.9 cm³/mol. The average molecular weight is 267 g/mol. The van der Waals surface area contributed by atoms with Gasteiger partial charge in [-0.2, -0.15) is 5.10 Å². The van der Waals surface area contributed by atoms with Gasteiger partial charge in [-0.1, -0.05) is 19.3 Å². The van der Waals surface area contributed by atoms with Crippen LogP contribution in [-0.4, -0.2) is 38.1 Å². The van der Waals surface area contributed by atoms with Gasteiger partial charge in [0, 0.05) is 19.6 Å². The number of hydrogen-bond donors (Lipinski definition) is 3. The number of hydrogen-bond acceptors (Lipinski definition) is 4. The molecule has 1 heterocycles. The summed E-state index contributed by atoms with van der Waals surface area (Å²) in [5.41, 5.74) is 0.863. The zero-order valence-corrected chi connectivity index (χ0v) is 11.2. The molecule has 1 aliphatic carbocycles. The molecule has 0 bridgehead atoms. The molecule has 0 radical (unpaired) electrons. The van der Waals surface area contributed by atoms with E-state index in [1.807, 2.05) is 0 Å². The number of carbonyl (C=O) groups is 1. The first-order valence-electron chi connectivity index (χ1n) is 6.75. The van der Waals surface area contributed by atoms with Crippen molar-refractivity contribution in [3.8, 4) is 0 Å². The van der Waals surface area contributed by atoms with E-state index < -0.39 is 5.97 Å². The summed E-state index contributed by atoms with van der Waals surface area (Å²) in [5.74, 6) is -0.966. The van der Waals surface area contributed by atoms with Crippen molar-refractivity contribution in [2.24, 2.45) is 7.05 Å². The first-order valence-corrected chi connectivity index (χ1v) is 6.75. The lowest BCUT2D eigenvalue weighted by Gasteiger charge is -2.22. The van der Waals surface area contributed by atoms with E-state index in [2.05, 4.69) is 10.4 Å². The fourth-order valence-electron chi connectivity index (χ4n) is 2.61. The molecule has 6 heteroatoms. The highest BCUT2D eigenvalue weighted by Crippen LogP contribution is 2.18. The van der Waals surface area contributed by atoms with E-state index in [4.69, 9.17) is 5.11 Å². The summed E-state index contributed by atoms with van der Waals surface area (Å²) in [6.07, 6.45) is 6.08. The Balaban J connectivity index is 2.01. The minimum Gasteiger partial charge on any atom is -0.478 e. The van der Waals surface area contributed by atoms with Gasteiger partial charge in [0.05, 0.1) is 18.0 Å². The molecular formula is C13H21N3O3. The van der Waals surface area contributed by atoms with Gasteiger partial charge in [-0.05, 0) is 12.8 Å². The zero-order chi connectivity index (χ0) is 13.8. The normalized spacial score (nSPS) is 24.1. The number of aromatic nitrogens is 2. The monoisotopic (exact) mass is 267 g/mol. The summed E-state index contributed by atoms with van der Waals surface area (Å²) >= 11 is 0. The number of carboxylic acid groups (broad SMARTS) is 1. The lowest BCUT2D eigenvalue weighted by Crippen LogP contribution is -2.39. The van der Waals surface area contributed by atoms with Gasteiger partial charge >= 0.3 is 5.97 Å². The van der Waals surface area contributed by atoms with Crippen LogP contribution in [0.2, 0.25) is 0 Å². The van der Waals surface area contributed by atoms with Gasteiger partial charge in [0.1, 0.15) is 5.56 Å². The highest BCUT2D eigenvalue weighted by atomic mass is 16.4. The molecule has 2 atom stereocenters.